The van der Waals surface area contributed by atoms with Gasteiger partial charge in [0.1, 0.15) is 0 Å². The summed E-state index contributed by atoms with van der Waals surface area (Å²) in [5, 5.41) is 8.59. The molecule has 6 heteroatoms. The van der Waals surface area contributed by atoms with Gasteiger partial charge in [0, 0.05) is 19.7 Å². The predicted molar refractivity (Wildman–Crippen MR) is 50.7 cm³/mol. The first-order valence-electron chi connectivity index (χ1n) is 4.97. The molecule has 0 aliphatic carbocycles. The second kappa shape index (κ2) is 7.90. The van der Waals surface area contributed by atoms with Crippen LogP contribution in [0.2, 0.25) is 0 Å². The van der Waals surface area contributed by atoms with Gasteiger partial charge >= 0.3 is 6.18 Å². The molecule has 0 radical (unpaired) electrons. The molecule has 0 saturated carbocycles. The third kappa shape index (κ3) is 9.96. The number of alkyl halides is 3. The average molecular weight is 229 g/mol. The monoisotopic (exact) mass is 229 g/mol. The molecule has 0 atom stereocenters. The van der Waals surface area contributed by atoms with Crippen LogP contribution in [0.1, 0.15) is 13.3 Å². The van der Waals surface area contributed by atoms with Crippen molar-refractivity contribution in [2.75, 3.05) is 39.5 Å². The second-order valence-electron chi connectivity index (χ2n) is 3.23. The van der Waals surface area contributed by atoms with E-state index < -0.39 is 12.7 Å². The van der Waals surface area contributed by atoms with Gasteiger partial charge < -0.3 is 9.84 Å². The van der Waals surface area contributed by atoms with E-state index in [1.54, 1.807) is 0 Å². The molecule has 0 fully saturated rings. The minimum absolute atomic E-state index is 0.0228. The van der Waals surface area contributed by atoms with Crippen LogP contribution in [-0.4, -0.2) is 55.6 Å². The summed E-state index contributed by atoms with van der Waals surface area (Å²) in [5.41, 5.74) is 0. The maximum Gasteiger partial charge on any atom is 0.401 e. The Morgan fingerprint density at radius 1 is 1.20 bits per heavy atom. The smallest absolute Gasteiger partial charge is 0.395 e. The molecule has 3 nitrogen and oxygen atoms in total. The summed E-state index contributed by atoms with van der Waals surface area (Å²) < 4.78 is 41.2. The molecule has 0 spiro atoms. The lowest BCUT2D eigenvalue weighted by molar-refractivity contribution is -0.148. The molecule has 0 unspecified atom stereocenters. The van der Waals surface area contributed by atoms with E-state index in [4.69, 9.17) is 9.84 Å². The van der Waals surface area contributed by atoms with Gasteiger partial charge in [-0.3, -0.25) is 4.90 Å². The number of nitrogens with zero attached hydrogens (tertiary/aromatic N) is 1. The Bertz CT molecular complexity index is 153. The van der Waals surface area contributed by atoms with Gasteiger partial charge in [0.2, 0.25) is 0 Å². The zero-order valence-corrected chi connectivity index (χ0v) is 8.89. The highest BCUT2D eigenvalue weighted by molar-refractivity contribution is 4.62. The molecule has 0 aromatic heterocycles. The summed E-state index contributed by atoms with van der Waals surface area (Å²) in [6, 6.07) is 0. The number of ether oxygens (including phenoxy) is 1. The molecule has 0 heterocycles. The molecule has 0 aliphatic rings. The van der Waals surface area contributed by atoms with Crippen molar-refractivity contribution in [2.45, 2.75) is 19.5 Å². The third-order valence-electron chi connectivity index (χ3n) is 1.72. The summed E-state index contributed by atoms with van der Waals surface area (Å²) in [4.78, 5) is 1.13. The molecule has 92 valence electrons. The normalized spacial score (nSPS) is 12.4. The van der Waals surface area contributed by atoms with Crippen LogP contribution in [0.4, 0.5) is 13.2 Å². The summed E-state index contributed by atoms with van der Waals surface area (Å²) in [6.07, 6.45) is -3.38. The molecule has 0 amide bonds. The fourth-order valence-corrected chi connectivity index (χ4v) is 1.10. The van der Waals surface area contributed by atoms with E-state index in [1.165, 1.54) is 0 Å². The fourth-order valence-electron chi connectivity index (χ4n) is 1.10. The van der Waals surface area contributed by atoms with Crippen molar-refractivity contribution in [1.29, 1.82) is 0 Å². The number of rotatable bonds is 8. The summed E-state index contributed by atoms with van der Waals surface area (Å²) in [6.45, 7) is 1.70. The van der Waals surface area contributed by atoms with Gasteiger partial charge in [0.15, 0.2) is 0 Å². The van der Waals surface area contributed by atoms with Gasteiger partial charge in [-0.1, -0.05) is 6.92 Å². The Kier molecular flexibility index (Phi) is 7.72. The lowest BCUT2D eigenvalue weighted by atomic mass is 10.4. The Morgan fingerprint density at radius 3 is 2.33 bits per heavy atom. The van der Waals surface area contributed by atoms with Crippen molar-refractivity contribution >= 4 is 0 Å². The number of halogens is 3. The summed E-state index contributed by atoms with van der Waals surface area (Å²) >= 11 is 0. The lowest BCUT2D eigenvalue weighted by Crippen LogP contribution is -2.38. The van der Waals surface area contributed by atoms with Gasteiger partial charge in [0.05, 0.1) is 19.8 Å². The highest BCUT2D eigenvalue weighted by Crippen LogP contribution is 2.15. The Morgan fingerprint density at radius 2 is 1.87 bits per heavy atom. The van der Waals surface area contributed by atoms with Crippen LogP contribution < -0.4 is 0 Å². The van der Waals surface area contributed by atoms with E-state index in [0.717, 1.165) is 11.3 Å². The second-order valence-corrected chi connectivity index (χ2v) is 3.23. The first kappa shape index (κ1) is 14.7. The SMILES string of the molecule is CCCOCCN(CCO)CC(F)(F)F. The van der Waals surface area contributed by atoms with Crippen LogP contribution in [0.25, 0.3) is 0 Å². The summed E-state index contributed by atoms with van der Waals surface area (Å²) in [7, 11) is 0. The first-order chi connectivity index (χ1) is 6.99. The highest BCUT2D eigenvalue weighted by atomic mass is 19.4. The molecule has 0 bridgehead atoms. The standard InChI is InChI=1S/C9H18F3NO2/c1-2-6-15-7-4-13(3-5-14)8-9(10,11)12/h14H,2-8H2,1H3. The van der Waals surface area contributed by atoms with Crippen LogP contribution in [0.15, 0.2) is 0 Å². The van der Waals surface area contributed by atoms with E-state index in [-0.39, 0.29) is 26.3 Å². The molecule has 0 aromatic carbocycles. The third-order valence-corrected chi connectivity index (χ3v) is 1.72. The topological polar surface area (TPSA) is 32.7 Å². The largest absolute Gasteiger partial charge is 0.401 e. The van der Waals surface area contributed by atoms with Crippen molar-refractivity contribution in [3.63, 3.8) is 0 Å². The Hall–Kier alpha value is -0.330. The highest BCUT2D eigenvalue weighted by Gasteiger charge is 2.30. The van der Waals surface area contributed by atoms with E-state index in [1.807, 2.05) is 6.92 Å². The molecule has 0 aromatic rings. The average Bonchev–Trinajstić information content (AvgIpc) is 2.10. The van der Waals surface area contributed by atoms with Crippen molar-refractivity contribution in [2.24, 2.45) is 0 Å². The van der Waals surface area contributed by atoms with Crippen molar-refractivity contribution in [1.82, 2.24) is 4.90 Å². The van der Waals surface area contributed by atoms with Gasteiger partial charge in [-0.15, -0.1) is 0 Å². The fraction of sp³-hybridized carbons (Fsp3) is 1.00. The van der Waals surface area contributed by atoms with Crippen LogP contribution in [0.3, 0.4) is 0 Å². The predicted octanol–water partition coefficient (Wildman–Crippen LogP) is 1.27. The van der Waals surface area contributed by atoms with Crippen molar-refractivity contribution in [3.8, 4) is 0 Å². The molecule has 0 rings (SSSR count). The molecule has 15 heavy (non-hydrogen) atoms. The van der Waals surface area contributed by atoms with E-state index in [9.17, 15) is 13.2 Å². The lowest BCUT2D eigenvalue weighted by Gasteiger charge is -2.22. The number of aliphatic hydroxyl groups excluding tert-OH is 1. The first-order valence-corrected chi connectivity index (χ1v) is 4.97. The van der Waals surface area contributed by atoms with Gasteiger partial charge in [-0.2, -0.15) is 13.2 Å². The van der Waals surface area contributed by atoms with Crippen LogP contribution in [0, 0.1) is 0 Å². The van der Waals surface area contributed by atoms with Gasteiger partial charge in [-0.05, 0) is 6.42 Å². The van der Waals surface area contributed by atoms with Crippen molar-refractivity contribution in [3.05, 3.63) is 0 Å². The van der Waals surface area contributed by atoms with Crippen LogP contribution in [-0.2, 0) is 4.74 Å². The number of hydrogen-bond donors (Lipinski definition) is 1. The minimum atomic E-state index is -4.22. The number of hydrogen-bond acceptors (Lipinski definition) is 3. The van der Waals surface area contributed by atoms with Crippen LogP contribution >= 0.6 is 0 Å². The Labute approximate surface area is 87.8 Å². The molecule has 0 aliphatic heterocycles. The number of aliphatic hydroxyl groups is 1. The van der Waals surface area contributed by atoms with Crippen LogP contribution in [0.5, 0.6) is 0 Å². The zero-order valence-electron chi connectivity index (χ0n) is 8.89. The van der Waals surface area contributed by atoms with E-state index in [2.05, 4.69) is 0 Å². The summed E-state index contributed by atoms with van der Waals surface area (Å²) in [5.74, 6) is 0. The quantitative estimate of drug-likeness (QED) is 0.636. The minimum Gasteiger partial charge on any atom is -0.395 e. The maximum absolute atomic E-state index is 12.0. The molecular formula is C9H18F3NO2. The van der Waals surface area contributed by atoms with E-state index in [0.29, 0.717) is 6.61 Å². The Balaban J connectivity index is 3.73. The molecule has 0 saturated heterocycles. The van der Waals surface area contributed by atoms with E-state index >= 15 is 0 Å². The maximum atomic E-state index is 12.0. The molecular weight excluding hydrogens is 211 g/mol. The van der Waals surface area contributed by atoms with Crippen molar-refractivity contribution < 1.29 is 23.0 Å². The molecule has 1 N–H and O–H groups in total. The van der Waals surface area contributed by atoms with Gasteiger partial charge in [-0.25, -0.2) is 0 Å². The zero-order chi connectivity index (χ0) is 11.7. The van der Waals surface area contributed by atoms with Gasteiger partial charge in [0.25, 0.3) is 0 Å².